The Bertz CT molecular complexity index is 507. The van der Waals surface area contributed by atoms with Gasteiger partial charge in [0.2, 0.25) is 5.88 Å². The molecule has 1 aromatic rings. The Balaban J connectivity index is 2.42. The van der Waals surface area contributed by atoms with Crippen molar-refractivity contribution < 1.29 is 9.84 Å². The smallest absolute Gasteiger partial charge is 0.268 e. The fraction of sp³-hybridized carbons (Fsp3) is 0.692. The summed E-state index contributed by atoms with van der Waals surface area (Å²) in [6, 6.07) is 0. The molecule has 2 N–H and O–H groups in total. The highest BCUT2D eigenvalue weighted by molar-refractivity contribution is 14.1. The van der Waals surface area contributed by atoms with Crippen molar-refractivity contribution >= 4 is 22.6 Å². The van der Waals surface area contributed by atoms with Crippen LogP contribution >= 0.6 is 22.6 Å². The second kappa shape index (κ2) is 5.78. The van der Waals surface area contributed by atoms with Gasteiger partial charge in [-0.1, -0.05) is 6.92 Å². The SMILES string of the molecule is CCOC1(c2nc(O)c(I)c(=O)[nH]2)CCC(C)CC1. The van der Waals surface area contributed by atoms with Gasteiger partial charge in [0, 0.05) is 6.61 Å². The molecule has 0 atom stereocenters. The number of halogens is 1. The van der Waals surface area contributed by atoms with E-state index in [-0.39, 0.29) is 15.0 Å². The van der Waals surface area contributed by atoms with Crippen molar-refractivity contribution in [3.63, 3.8) is 0 Å². The van der Waals surface area contributed by atoms with Crippen molar-refractivity contribution in [2.75, 3.05) is 6.61 Å². The second-order valence-electron chi connectivity index (χ2n) is 5.16. The number of aromatic nitrogens is 2. The van der Waals surface area contributed by atoms with Crippen LogP contribution in [0.25, 0.3) is 0 Å². The zero-order chi connectivity index (χ0) is 14.0. The van der Waals surface area contributed by atoms with E-state index in [1.807, 2.05) is 6.92 Å². The summed E-state index contributed by atoms with van der Waals surface area (Å²) >= 11 is 1.79. The molecule has 0 aliphatic heterocycles. The molecule has 1 heterocycles. The van der Waals surface area contributed by atoms with E-state index in [1.165, 1.54) is 0 Å². The average Bonchev–Trinajstić information content (AvgIpc) is 2.38. The van der Waals surface area contributed by atoms with Gasteiger partial charge in [-0.3, -0.25) is 4.79 Å². The predicted molar refractivity (Wildman–Crippen MR) is 80.2 cm³/mol. The zero-order valence-electron chi connectivity index (χ0n) is 11.2. The van der Waals surface area contributed by atoms with E-state index in [0.717, 1.165) is 25.7 Å². The van der Waals surface area contributed by atoms with Gasteiger partial charge in [-0.05, 0) is 61.1 Å². The maximum absolute atomic E-state index is 11.8. The Morgan fingerprint density at radius 2 is 2.16 bits per heavy atom. The van der Waals surface area contributed by atoms with Crippen LogP contribution in [0, 0.1) is 9.49 Å². The first-order valence-corrected chi connectivity index (χ1v) is 7.69. The minimum atomic E-state index is -0.553. The summed E-state index contributed by atoms with van der Waals surface area (Å²) in [6.45, 7) is 4.72. The molecule has 5 nitrogen and oxygen atoms in total. The van der Waals surface area contributed by atoms with Crippen LogP contribution in [0.3, 0.4) is 0 Å². The lowest BCUT2D eigenvalue weighted by Gasteiger charge is -2.38. The molecule has 1 aliphatic rings. The topological polar surface area (TPSA) is 75.2 Å². The van der Waals surface area contributed by atoms with E-state index in [1.54, 1.807) is 22.6 Å². The highest BCUT2D eigenvalue weighted by atomic mass is 127. The molecule has 0 amide bonds. The molecular formula is C13H19IN2O3. The molecule has 0 radical (unpaired) electrons. The number of rotatable bonds is 3. The normalized spacial score (nSPS) is 27.4. The first-order chi connectivity index (χ1) is 8.98. The molecule has 1 saturated carbocycles. The minimum Gasteiger partial charge on any atom is -0.492 e. The quantitative estimate of drug-likeness (QED) is 0.793. The van der Waals surface area contributed by atoms with Gasteiger partial charge in [0.1, 0.15) is 15.0 Å². The van der Waals surface area contributed by atoms with Crippen molar-refractivity contribution in [1.82, 2.24) is 9.97 Å². The Labute approximate surface area is 125 Å². The Kier molecular flexibility index (Phi) is 4.50. The number of aromatic hydroxyl groups is 1. The number of hydrogen-bond acceptors (Lipinski definition) is 4. The maximum atomic E-state index is 11.8. The number of nitrogens with one attached hydrogen (secondary N) is 1. The van der Waals surface area contributed by atoms with E-state index in [9.17, 15) is 9.90 Å². The minimum absolute atomic E-state index is 0.211. The number of ether oxygens (including phenoxy) is 1. The molecule has 0 aromatic carbocycles. The van der Waals surface area contributed by atoms with Gasteiger partial charge < -0.3 is 14.8 Å². The molecular weight excluding hydrogens is 359 g/mol. The van der Waals surface area contributed by atoms with E-state index < -0.39 is 5.60 Å². The van der Waals surface area contributed by atoms with Crippen LogP contribution in [0.1, 0.15) is 45.4 Å². The lowest BCUT2D eigenvalue weighted by molar-refractivity contribution is -0.0841. The lowest BCUT2D eigenvalue weighted by atomic mass is 9.79. The first-order valence-electron chi connectivity index (χ1n) is 6.61. The summed E-state index contributed by atoms with van der Waals surface area (Å²) in [4.78, 5) is 18.7. The average molecular weight is 378 g/mol. The van der Waals surface area contributed by atoms with Crippen LogP contribution in [-0.4, -0.2) is 21.7 Å². The third kappa shape index (κ3) is 2.94. The third-order valence-corrected chi connectivity index (χ3v) is 4.75. The largest absolute Gasteiger partial charge is 0.492 e. The Hall–Kier alpha value is -0.630. The molecule has 0 unspecified atom stereocenters. The molecule has 1 aliphatic carbocycles. The van der Waals surface area contributed by atoms with Gasteiger partial charge >= 0.3 is 0 Å². The summed E-state index contributed by atoms with van der Waals surface area (Å²) < 4.78 is 6.13. The van der Waals surface area contributed by atoms with Crippen LogP contribution in [0.4, 0.5) is 0 Å². The van der Waals surface area contributed by atoms with Crippen molar-refractivity contribution in [1.29, 1.82) is 0 Å². The monoisotopic (exact) mass is 378 g/mol. The number of H-pyrrole nitrogens is 1. The van der Waals surface area contributed by atoms with Gasteiger partial charge in [0.25, 0.3) is 5.56 Å². The third-order valence-electron chi connectivity index (χ3n) is 3.78. The van der Waals surface area contributed by atoms with Gasteiger partial charge in [-0.25, -0.2) is 0 Å². The summed E-state index contributed by atoms with van der Waals surface area (Å²) in [5.41, 5.74) is -0.858. The lowest BCUT2D eigenvalue weighted by Crippen LogP contribution is -2.38. The summed E-state index contributed by atoms with van der Waals surface area (Å²) in [7, 11) is 0. The molecule has 106 valence electrons. The number of nitrogens with zero attached hydrogens (tertiary/aromatic N) is 1. The Morgan fingerprint density at radius 1 is 1.53 bits per heavy atom. The molecule has 1 aromatic heterocycles. The van der Waals surface area contributed by atoms with Gasteiger partial charge in [-0.2, -0.15) is 4.98 Å². The van der Waals surface area contributed by atoms with Crippen LogP contribution in [0.2, 0.25) is 0 Å². The highest BCUT2D eigenvalue weighted by Crippen LogP contribution is 2.41. The molecule has 19 heavy (non-hydrogen) atoms. The summed E-state index contributed by atoms with van der Waals surface area (Å²) in [6.07, 6.45) is 3.73. The van der Waals surface area contributed by atoms with Gasteiger partial charge in [-0.15, -0.1) is 0 Å². The summed E-state index contributed by atoms with van der Waals surface area (Å²) in [5, 5.41) is 9.75. The Morgan fingerprint density at radius 3 is 2.68 bits per heavy atom. The van der Waals surface area contributed by atoms with Crippen LogP contribution < -0.4 is 5.56 Å². The fourth-order valence-electron chi connectivity index (χ4n) is 2.62. The molecule has 0 saturated heterocycles. The highest BCUT2D eigenvalue weighted by Gasteiger charge is 2.39. The van der Waals surface area contributed by atoms with E-state index >= 15 is 0 Å². The zero-order valence-corrected chi connectivity index (χ0v) is 13.4. The van der Waals surface area contributed by atoms with Gasteiger partial charge in [0.05, 0.1) is 0 Å². The number of aromatic amines is 1. The van der Waals surface area contributed by atoms with Crippen molar-refractivity contribution in [2.24, 2.45) is 5.92 Å². The van der Waals surface area contributed by atoms with E-state index in [4.69, 9.17) is 4.74 Å². The van der Waals surface area contributed by atoms with Gasteiger partial charge in [0.15, 0.2) is 0 Å². The number of hydrogen-bond donors (Lipinski definition) is 2. The van der Waals surface area contributed by atoms with Crippen LogP contribution in [0.5, 0.6) is 5.88 Å². The molecule has 0 bridgehead atoms. The van der Waals surface area contributed by atoms with E-state index in [0.29, 0.717) is 18.3 Å². The van der Waals surface area contributed by atoms with Crippen LogP contribution in [0.15, 0.2) is 4.79 Å². The molecule has 6 heteroatoms. The second-order valence-corrected chi connectivity index (χ2v) is 6.24. The van der Waals surface area contributed by atoms with Crippen molar-refractivity contribution in [2.45, 2.75) is 45.1 Å². The van der Waals surface area contributed by atoms with Crippen LogP contribution in [-0.2, 0) is 10.3 Å². The predicted octanol–water partition coefficient (Wildman–Crippen LogP) is 2.52. The summed E-state index contributed by atoms with van der Waals surface area (Å²) in [5.74, 6) is 0.916. The first kappa shape index (κ1) is 14.8. The van der Waals surface area contributed by atoms with Crippen molar-refractivity contribution in [3.8, 4) is 5.88 Å². The maximum Gasteiger partial charge on any atom is 0.268 e. The van der Waals surface area contributed by atoms with E-state index in [2.05, 4.69) is 16.9 Å². The molecule has 0 spiro atoms. The molecule has 1 fully saturated rings. The standard InChI is InChI=1S/C13H19IN2O3/c1-3-19-13(6-4-8(2)5-7-13)12-15-10(17)9(14)11(18)16-12/h8H,3-7H2,1-2H3,(H2,15,16,17,18). The fourth-order valence-corrected chi connectivity index (χ4v) is 2.87. The molecule has 2 rings (SSSR count). The van der Waals surface area contributed by atoms with Crippen molar-refractivity contribution in [3.05, 3.63) is 19.7 Å².